The smallest absolute Gasteiger partial charge is 0.0595 e. The first-order chi connectivity index (χ1) is 9.63. The third-order valence-corrected chi connectivity index (χ3v) is 4.16. The van der Waals surface area contributed by atoms with Crippen molar-refractivity contribution in [2.75, 3.05) is 0 Å². The van der Waals surface area contributed by atoms with E-state index in [4.69, 9.17) is 29.0 Å². The van der Waals surface area contributed by atoms with Crippen LogP contribution in [0.15, 0.2) is 42.5 Å². The summed E-state index contributed by atoms with van der Waals surface area (Å²) in [6.07, 6.45) is 1.85. The Kier molecular flexibility index (Phi) is 5.44. The maximum Gasteiger partial charge on any atom is 0.0595 e. The van der Waals surface area contributed by atoms with Crippen LogP contribution < -0.4 is 11.3 Å². The highest BCUT2D eigenvalue weighted by Crippen LogP contribution is 2.27. The molecular formula is C16H18Cl2N2. The van der Waals surface area contributed by atoms with E-state index in [0.29, 0.717) is 10.0 Å². The number of halogens is 2. The largest absolute Gasteiger partial charge is 0.271 e. The Morgan fingerprint density at radius 3 is 2.20 bits per heavy atom. The Hall–Kier alpha value is -1.06. The molecule has 0 fully saturated rings. The summed E-state index contributed by atoms with van der Waals surface area (Å²) in [7, 11) is 0. The number of nitrogens with two attached hydrogens (primary N) is 1. The highest BCUT2D eigenvalue weighted by molar-refractivity contribution is 6.42. The molecule has 0 radical (unpaired) electrons. The number of hydrogen-bond donors (Lipinski definition) is 2. The van der Waals surface area contributed by atoms with Gasteiger partial charge in [-0.15, -0.1) is 0 Å². The highest BCUT2D eigenvalue weighted by Gasteiger charge is 2.12. The van der Waals surface area contributed by atoms with Gasteiger partial charge in [0.15, 0.2) is 0 Å². The average molecular weight is 309 g/mol. The molecule has 3 N–H and O–H groups in total. The van der Waals surface area contributed by atoms with Gasteiger partial charge in [0.1, 0.15) is 0 Å². The number of nitrogens with one attached hydrogen (secondary N) is 1. The molecule has 0 bridgehead atoms. The van der Waals surface area contributed by atoms with Crippen molar-refractivity contribution in [3.05, 3.63) is 69.2 Å². The minimum Gasteiger partial charge on any atom is -0.271 e. The van der Waals surface area contributed by atoms with Crippen LogP contribution in [0.2, 0.25) is 10.0 Å². The predicted molar refractivity (Wildman–Crippen MR) is 86.1 cm³/mol. The summed E-state index contributed by atoms with van der Waals surface area (Å²) in [4.78, 5) is 0. The molecule has 0 saturated carbocycles. The van der Waals surface area contributed by atoms with E-state index in [1.54, 1.807) is 6.07 Å². The molecule has 0 aliphatic heterocycles. The molecule has 106 valence electrons. The Bertz CT molecular complexity index is 567. The lowest BCUT2D eigenvalue weighted by atomic mass is 9.98. The number of rotatable bonds is 5. The number of hydrazine groups is 1. The number of hydrogen-bond acceptors (Lipinski definition) is 2. The fourth-order valence-electron chi connectivity index (χ4n) is 2.15. The van der Waals surface area contributed by atoms with Crippen LogP contribution in [0.3, 0.4) is 0 Å². The Balaban J connectivity index is 2.16. The minimum absolute atomic E-state index is 0.0113. The lowest BCUT2D eigenvalue weighted by Gasteiger charge is -2.17. The molecule has 0 aromatic heterocycles. The van der Waals surface area contributed by atoms with Crippen LogP contribution in [0.5, 0.6) is 0 Å². The van der Waals surface area contributed by atoms with E-state index in [-0.39, 0.29) is 6.04 Å². The standard InChI is InChI=1S/C16H18Cl2N2/c1-2-11-3-5-12(6-4-11)9-16(20-19)13-7-8-14(17)15(18)10-13/h3-8,10,16,20H,2,9,19H2,1H3. The number of aryl methyl sites for hydroxylation is 1. The van der Waals surface area contributed by atoms with Gasteiger partial charge >= 0.3 is 0 Å². The minimum atomic E-state index is 0.0113. The van der Waals surface area contributed by atoms with E-state index in [2.05, 4.69) is 36.6 Å². The van der Waals surface area contributed by atoms with Crippen LogP contribution in [0, 0.1) is 0 Å². The van der Waals surface area contributed by atoms with Gasteiger partial charge in [-0.25, -0.2) is 0 Å². The summed E-state index contributed by atoms with van der Waals surface area (Å²) in [5.74, 6) is 5.67. The third-order valence-electron chi connectivity index (χ3n) is 3.42. The van der Waals surface area contributed by atoms with Gasteiger partial charge in [-0.05, 0) is 41.7 Å². The monoisotopic (exact) mass is 308 g/mol. The van der Waals surface area contributed by atoms with Crippen LogP contribution in [0.4, 0.5) is 0 Å². The normalized spacial score (nSPS) is 12.4. The molecule has 0 aliphatic carbocycles. The van der Waals surface area contributed by atoms with Crippen molar-refractivity contribution in [2.45, 2.75) is 25.8 Å². The zero-order chi connectivity index (χ0) is 14.5. The van der Waals surface area contributed by atoms with E-state index in [9.17, 15) is 0 Å². The third kappa shape index (κ3) is 3.74. The molecule has 2 nitrogen and oxygen atoms in total. The fourth-order valence-corrected chi connectivity index (χ4v) is 2.46. The van der Waals surface area contributed by atoms with Gasteiger partial charge in [-0.2, -0.15) is 0 Å². The maximum atomic E-state index is 6.06. The van der Waals surface area contributed by atoms with Crippen molar-refractivity contribution < 1.29 is 0 Å². The Labute approximate surface area is 129 Å². The van der Waals surface area contributed by atoms with Crippen molar-refractivity contribution in [3.8, 4) is 0 Å². The Morgan fingerprint density at radius 1 is 1.00 bits per heavy atom. The maximum absolute atomic E-state index is 6.06. The van der Waals surface area contributed by atoms with Gasteiger partial charge in [0.25, 0.3) is 0 Å². The lowest BCUT2D eigenvalue weighted by molar-refractivity contribution is 0.552. The van der Waals surface area contributed by atoms with Crippen LogP contribution in [-0.4, -0.2) is 0 Å². The fraction of sp³-hybridized carbons (Fsp3) is 0.250. The molecule has 2 aromatic rings. The summed E-state index contributed by atoms with van der Waals surface area (Å²) in [6, 6.07) is 14.2. The van der Waals surface area contributed by atoms with Gasteiger partial charge in [0, 0.05) is 0 Å². The quantitative estimate of drug-likeness (QED) is 0.638. The second-order valence-corrected chi connectivity index (χ2v) is 5.58. The van der Waals surface area contributed by atoms with E-state index in [1.165, 1.54) is 11.1 Å². The van der Waals surface area contributed by atoms with Gasteiger partial charge in [0.05, 0.1) is 16.1 Å². The first kappa shape index (κ1) is 15.3. The first-order valence-corrected chi connectivity index (χ1v) is 7.38. The van der Waals surface area contributed by atoms with Crippen molar-refractivity contribution in [3.63, 3.8) is 0 Å². The zero-order valence-corrected chi connectivity index (χ0v) is 12.9. The molecule has 20 heavy (non-hydrogen) atoms. The van der Waals surface area contributed by atoms with Gasteiger partial charge in [-0.1, -0.05) is 60.5 Å². The van der Waals surface area contributed by atoms with Crippen molar-refractivity contribution in [1.82, 2.24) is 5.43 Å². The topological polar surface area (TPSA) is 38.0 Å². The average Bonchev–Trinajstić information content (AvgIpc) is 2.48. The van der Waals surface area contributed by atoms with Gasteiger partial charge < -0.3 is 0 Å². The van der Waals surface area contributed by atoms with Crippen molar-refractivity contribution >= 4 is 23.2 Å². The zero-order valence-electron chi connectivity index (χ0n) is 11.4. The van der Waals surface area contributed by atoms with E-state index >= 15 is 0 Å². The summed E-state index contributed by atoms with van der Waals surface area (Å²) < 4.78 is 0. The molecule has 1 atom stereocenters. The van der Waals surface area contributed by atoms with E-state index in [1.807, 2.05) is 12.1 Å². The molecule has 0 aliphatic rings. The Morgan fingerprint density at radius 2 is 1.65 bits per heavy atom. The van der Waals surface area contributed by atoms with Gasteiger partial charge in [0.2, 0.25) is 0 Å². The molecule has 2 aromatic carbocycles. The van der Waals surface area contributed by atoms with E-state index in [0.717, 1.165) is 18.4 Å². The molecule has 0 spiro atoms. The highest BCUT2D eigenvalue weighted by atomic mass is 35.5. The van der Waals surface area contributed by atoms with Crippen LogP contribution >= 0.6 is 23.2 Å². The van der Waals surface area contributed by atoms with Crippen molar-refractivity contribution in [2.24, 2.45) is 5.84 Å². The van der Waals surface area contributed by atoms with Crippen LogP contribution in [-0.2, 0) is 12.8 Å². The summed E-state index contributed by atoms with van der Waals surface area (Å²) in [5, 5.41) is 1.10. The molecular weight excluding hydrogens is 291 g/mol. The predicted octanol–water partition coefficient (Wildman–Crippen LogP) is 4.30. The first-order valence-electron chi connectivity index (χ1n) is 6.63. The van der Waals surface area contributed by atoms with Crippen LogP contribution in [0.25, 0.3) is 0 Å². The molecule has 0 saturated heterocycles. The van der Waals surface area contributed by atoms with E-state index < -0.39 is 0 Å². The summed E-state index contributed by atoms with van der Waals surface area (Å²) in [5.41, 5.74) is 6.44. The second-order valence-electron chi connectivity index (χ2n) is 4.77. The van der Waals surface area contributed by atoms with Crippen molar-refractivity contribution in [1.29, 1.82) is 0 Å². The molecule has 2 rings (SSSR count). The SMILES string of the molecule is CCc1ccc(CC(NN)c2ccc(Cl)c(Cl)c2)cc1. The second kappa shape index (κ2) is 7.09. The van der Waals surface area contributed by atoms with Gasteiger partial charge in [-0.3, -0.25) is 11.3 Å². The summed E-state index contributed by atoms with van der Waals surface area (Å²) >= 11 is 12.0. The molecule has 4 heteroatoms. The number of benzene rings is 2. The van der Waals surface area contributed by atoms with Crippen LogP contribution in [0.1, 0.15) is 29.7 Å². The summed E-state index contributed by atoms with van der Waals surface area (Å²) in [6.45, 7) is 2.15. The molecule has 1 unspecified atom stereocenters. The molecule has 0 heterocycles. The molecule has 0 amide bonds. The lowest BCUT2D eigenvalue weighted by Crippen LogP contribution is -2.29.